The Morgan fingerprint density at radius 1 is 1.40 bits per heavy atom. The lowest BCUT2D eigenvalue weighted by Crippen LogP contribution is -2.59. The predicted octanol–water partition coefficient (Wildman–Crippen LogP) is 2.33. The summed E-state index contributed by atoms with van der Waals surface area (Å²) in [7, 11) is 0. The van der Waals surface area contributed by atoms with Crippen LogP contribution in [0, 0.1) is 6.92 Å². The number of hydrogen-bond acceptors (Lipinski definition) is 2. The quantitative estimate of drug-likeness (QED) is 0.925. The summed E-state index contributed by atoms with van der Waals surface area (Å²) in [5.41, 5.74) is -0.0789. The first-order valence-corrected chi connectivity index (χ1v) is 6.43. The SMILES string of the molecule is CC(=O)N1CC(NCc2cccc(C)c2C(F)(F)F)C1. The highest BCUT2D eigenvalue weighted by molar-refractivity contribution is 5.74. The standard InChI is InChI=1S/C14H17F3N2O/c1-9-4-3-5-11(13(9)14(15,16)17)6-18-12-7-19(8-12)10(2)20/h3-5,12,18H,6-8H2,1-2H3. The first kappa shape index (κ1) is 14.8. The molecule has 0 unspecified atom stereocenters. The van der Waals surface area contributed by atoms with Crippen molar-refractivity contribution in [3.63, 3.8) is 0 Å². The third-order valence-electron chi connectivity index (χ3n) is 3.55. The van der Waals surface area contributed by atoms with Crippen molar-refractivity contribution in [2.45, 2.75) is 32.6 Å². The number of amides is 1. The predicted molar refractivity (Wildman–Crippen MR) is 69.1 cm³/mol. The topological polar surface area (TPSA) is 32.3 Å². The molecule has 0 radical (unpaired) electrons. The molecule has 0 aliphatic carbocycles. The van der Waals surface area contributed by atoms with Crippen LogP contribution >= 0.6 is 0 Å². The van der Waals surface area contributed by atoms with E-state index in [1.165, 1.54) is 26.0 Å². The van der Waals surface area contributed by atoms with Crippen molar-refractivity contribution in [2.75, 3.05) is 13.1 Å². The average molecular weight is 286 g/mol. The summed E-state index contributed by atoms with van der Waals surface area (Å²) >= 11 is 0. The maximum Gasteiger partial charge on any atom is 0.416 e. The molecule has 20 heavy (non-hydrogen) atoms. The van der Waals surface area contributed by atoms with Crippen molar-refractivity contribution < 1.29 is 18.0 Å². The van der Waals surface area contributed by atoms with Gasteiger partial charge in [0.25, 0.3) is 0 Å². The second-order valence-electron chi connectivity index (χ2n) is 5.11. The number of likely N-dealkylation sites (tertiary alicyclic amines) is 1. The van der Waals surface area contributed by atoms with Crippen molar-refractivity contribution >= 4 is 5.91 Å². The number of carbonyl (C=O) groups is 1. The fourth-order valence-electron chi connectivity index (χ4n) is 2.40. The van der Waals surface area contributed by atoms with E-state index in [4.69, 9.17) is 0 Å². The molecule has 0 spiro atoms. The minimum Gasteiger partial charge on any atom is -0.340 e. The highest BCUT2D eigenvalue weighted by Gasteiger charge is 2.35. The smallest absolute Gasteiger partial charge is 0.340 e. The van der Waals surface area contributed by atoms with Crippen molar-refractivity contribution in [3.8, 4) is 0 Å². The Bertz CT molecular complexity index is 508. The van der Waals surface area contributed by atoms with E-state index in [2.05, 4.69) is 5.32 Å². The van der Waals surface area contributed by atoms with Gasteiger partial charge < -0.3 is 10.2 Å². The zero-order valence-corrected chi connectivity index (χ0v) is 11.4. The lowest BCUT2D eigenvalue weighted by atomic mass is 10.0. The molecule has 1 fully saturated rings. The number of nitrogens with one attached hydrogen (secondary N) is 1. The Morgan fingerprint density at radius 3 is 2.60 bits per heavy atom. The molecule has 1 aromatic rings. The molecule has 110 valence electrons. The van der Waals surface area contributed by atoms with Gasteiger partial charge in [-0.25, -0.2) is 0 Å². The van der Waals surface area contributed by atoms with Gasteiger partial charge in [-0.05, 0) is 18.1 Å². The molecule has 1 aliphatic heterocycles. The fourth-order valence-corrected chi connectivity index (χ4v) is 2.40. The molecule has 1 aromatic carbocycles. The van der Waals surface area contributed by atoms with Gasteiger partial charge in [-0.3, -0.25) is 4.79 Å². The van der Waals surface area contributed by atoms with Gasteiger partial charge in [-0.2, -0.15) is 13.2 Å². The highest BCUT2D eigenvalue weighted by atomic mass is 19.4. The maximum atomic E-state index is 13.0. The summed E-state index contributed by atoms with van der Waals surface area (Å²) in [6, 6.07) is 4.65. The van der Waals surface area contributed by atoms with Crippen molar-refractivity contribution in [3.05, 3.63) is 34.9 Å². The number of benzene rings is 1. The second-order valence-corrected chi connectivity index (χ2v) is 5.11. The van der Waals surface area contributed by atoms with Crippen molar-refractivity contribution in [2.24, 2.45) is 0 Å². The molecular formula is C14H17F3N2O. The summed E-state index contributed by atoms with van der Waals surface area (Å²) in [6.07, 6.45) is -4.34. The number of alkyl halides is 3. The molecule has 1 aliphatic rings. The Balaban J connectivity index is 2.01. The molecule has 1 heterocycles. The molecule has 1 amide bonds. The molecule has 6 heteroatoms. The van der Waals surface area contributed by atoms with Crippen LogP contribution in [0.2, 0.25) is 0 Å². The van der Waals surface area contributed by atoms with E-state index >= 15 is 0 Å². The molecule has 0 aromatic heterocycles. The van der Waals surface area contributed by atoms with Crippen molar-refractivity contribution in [1.82, 2.24) is 10.2 Å². The number of carbonyl (C=O) groups excluding carboxylic acids is 1. The molecule has 1 N–H and O–H groups in total. The summed E-state index contributed by atoms with van der Waals surface area (Å²) in [5, 5.41) is 3.07. The second kappa shape index (κ2) is 5.44. The molecule has 1 saturated heterocycles. The van der Waals surface area contributed by atoms with Gasteiger partial charge in [0.2, 0.25) is 5.91 Å². The Morgan fingerprint density at radius 2 is 2.05 bits per heavy atom. The van der Waals surface area contributed by atoms with Crippen LogP contribution in [0.25, 0.3) is 0 Å². The number of hydrogen-bond donors (Lipinski definition) is 1. The normalized spacial score (nSPS) is 16.1. The van der Waals surface area contributed by atoms with Crippen LogP contribution in [-0.2, 0) is 17.5 Å². The molecule has 0 saturated carbocycles. The Labute approximate surface area is 115 Å². The lowest BCUT2D eigenvalue weighted by Gasteiger charge is -2.39. The van der Waals surface area contributed by atoms with Gasteiger partial charge in [0, 0.05) is 32.6 Å². The van der Waals surface area contributed by atoms with Crippen molar-refractivity contribution in [1.29, 1.82) is 0 Å². The first-order chi connectivity index (χ1) is 9.29. The first-order valence-electron chi connectivity index (χ1n) is 6.43. The summed E-state index contributed by atoms with van der Waals surface area (Å²) in [4.78, 5) is 12.7. The monoisotopic (exact) mass is 286 g/mol. The molecular weight excluding hydrogens is 269 g/mol. The van der Waals surface area contributed by atoms with Crippen LogP contribution in [0.5, 0.6) is 0 Å². The summed E-state index contributed by atoms with van der Waals surface area (Å²) in [5.74, 6) is -0.00501. The number of rotatable bonds is 3. The van der Waals surface area contributed by atoms with E-state index in [1.807, 2.05) is 0 Å². The fraction of sp³-hybridized carbons (Fsp3) is 0.500. The molecule has 0 atom stereocenters. The number of nitrogens with zero attached hydrogens (tertiary/aromatic N) is 1. The minimum absolute atomic E-state index is 0.00501. The molecule has 3 nitrogen and oxygen atoms in total. The average Bonchev–Trinajstić information content (AvgIpc) is 2.24. The van der Waals surface area contributed by atoms with Gasteiger partial charge in [0.05, 0.1) is 5.56 Å². The third kappa shape index (κ3) is 3.12. The number of halogens is 3. The van der Waals surface area contributed by atoms with E-state index in [0.29, 0.717) is 13.1 Å². The molecule has 2 rings (SSSR count). The summed E-state index contributed by atoms with van der Waals surface area (Å²) < 4.78 is 39.1. The Kier molecular flexibility index (Phi) is 4.04. The van der Waals surface area contributed by atoms with Gasteiger partial charge in [-0.1, -0.05) is 18.2 Å². The van der Waals surface area contributed by atoms with Gasteiger partial charge >= 0.3 is 6.18 Å². The van der Waals surface area contributed by atoms with E-state index < -0.39 is 11.7 Å². The van der Waals surface area contributed by atoms with E-state index in [9.17, 15) is 18.0 Å². The zero-order valence-electron chi connectivity index (χ0n) is 11.4. The minimum atomic E-state index is -4.34. The highest BCUT2D eigenvalue weighted by Crippen LogP contribution is 2.34. The zero-order chi connectivity index (χ0) is 14.9. The van der Waals surface area contributed by atoms with E-state index in [1.54, 1.807) is 11.0 Å². The largest absolute Gasteiger partial charge is 0.416 e. The van der Waals surface area contributed by atoms with Crippen LogP contribution in [0.1, 0.15) is 23.6 Å². The van der Waals surface area contributed by atoms with Crippen LogP contribution in [0.4, 0.5) is 13.2 Å². The van der Waals surface area contributed by atoms with Crippen LogP contribution in [0.3, 0.4) is 0 Å². The number of aryl methyl sites for hydroxylation is 1. The van der Waals surface area contributed by atoms with Crippen LogP contribution in [-0.4, -0.2) is 29.9 Å². The van der Waals surface area contributed by atoms with Gasteiger partial charge in [-0.15, -0.1) is 0 Å². The van der Waals surface area contributed by atoms with E-state index in [-0.39, 0.29) is 29.6 Å². The Hall–Kier alpha value is -1.56. The molecule has 0 bridgehead atoms. The van der Waals surface area contributed by atoms with Gasteiger partial charge in [0.15, 0.2) is 0 Å². The van der Waals surface area contributed by atoms with Crippen LogP contribution in [0.15, 0.2) is 18.2 Å². The maximum absolute atomic E-state index is 13.0. The van der Waals surface area contributed by atoms with Crippen LogP contribution < -0.4 is 5.32 Å². The van der Waals surface area contributed by atoms with Gasteiger partial charge in [0.1, 0.15) is 0 Å². The third-order valence-corrected chi connectivity index (χ3v) is 3.55. The lowest BCUT2D eigenvalue weighted by molar-refractivity contribution is -0.138. The summed E-state index contributed by atoms with van der Waals surface area (Å²) in [6.45, 7) is 4.23. The van der Waals surface area contributed by atoms with E-state index in [0.717, 1.165) is 0 Å².